The first-order valence-electron chi connectivity index (χ1n) is 8.24. The van der Waals surface area contributed by atoms with Crippen molar-refractivity contribution in [3.05, 3.63) is 64.7 Å². The van der Waals surface area contributed by atoms with Crippen LogP contribution in [0.2, 0.25) is 0 Å². The number of amides is 1. The minimum absolute atomic E-state index is 0.00158. The molecule has 2 aromatic rings. The number of carbonyl (C=O) groups excluding carboxylic acids is 1. The zero-order chi connectivity index (χ0) is 18.0. The SMILES string of the molecule is COc1ccc(CNC(=O)[C@H]2C[C@@H]2c2ccccc2C)cc1C(=O)O. The van der Waals surface area contributed by atoms with Gasteiger partial charge in [0, 0.05) is 12.5 Å². The molecule has 5 nitrogen and oxygen atoms in total. The van der Waals surface area contributed by atoms with Crippen LogP contribution in [-0.4, -0.2) is 24.1 Å². The Bertz CT molecular complexity index is 815. The van der Waals surface area contributed by atoms with E-state index in [1.165, 1.54) is 24.3 Å². The van der Waals surface area contributed by atoms with Gasteiger partial charge in [0.2, 0.25) is 5.91 Å². The number of nitrogens with one attached hydrogen (secondary N) is 1. The van der Waals surface area contributed by atoms with E-state index in [1.54, 1.807) is 12.1 Å². The Labute approximate surface area is 146 Å². The van der Waals surface area contributed by atoms with Crippen molar-refractivity contribution in [1.82, 2.24) is 5.32 Å². The highest BCUT2D eigenvalue weighted by Gasteiger charge is 2.44. The molecule has 0 heterocycles. The molecular weight excluding hydrogens is 318 g/mol. The van der Waals surface area contributed by atoms with Crippen molar-refractivity contribution >= 4 is 11.9 Å². The number of ether oxygens (including phenoxy) is 1. The minimum atomic E-state index is -1.05. The van der Waals surface area contributed by atoms with Crippen LogP contribution < -0.4 is 10.1 Å². The summed E-state index contributed by atoms with van der Waals surface area (Å²) in [6.07, 6.45) is 0.861. The number of benzene rings is 2. The number of carboxylic acids is 1. The summed E-state index contributed by atoms with van der Waals surface area (Å²) >= 11 is 0. The van der Waals surface area contributed by atoms with Crippen molar-refractivity contribution in [2.45, 2.75) is 25.8 Å². The molecule has 25 heavy (non-hydrogen) atoms. The van der Waals surface area contributed by atoms with Gasteiger partial charge in [0.05, 0.1) is 7.11 Å². The van der Waals surface area contributed by atoms with Crippen LogP contribution in [0.25, 0.3) is 0 Å². The van der Waals surface area contributed by atoms with E-state index in [2.05, 4.69) is 24.4 Å². The quantitative estimate of drug-likeness (QED) is 0.848. The summed E-state index contributed by atoms with van der Waals surface area (Å²) in [5.74, 6) is -0.442. The van der Waals surface area contributed by atoms with Crippen LogP contribution in [0.15, 0.2) is 42.5 Å². The first-order chi connectivity index (χ1) is 12.0. The van der Waals surface area contributed by atoms with Crippen LogP contribution in [0, 0.1) is 12.8 Å². The molecule has 1 aliphatic rings. The van der Waals surface area contributed by atoms with Gasteiger partial charge in [-0.05, 0) is 48.1 Å². The molecule has 3 rings (SSSR count). The zero-order valence-corrected chi connectivity index (χ0v) is 14.3. The Morgan fingerprint density at radius 1 is 1.24 bits per heavy atom. The molecule has 1 fully saturated rings. The molecule has 0 unspecified atom stereocenters. The third-order valence-electron chi connectivity index (χ3n) is 4.68. The van der Waals surface area contributed by atoms with Crippen LogP contribution in [0.5, 0.6) is 5.75 Å². The number of methoxy groups -OCH3 is 1. The first kappa shape index (κ1) is 17.0. The second kappa shape index (κ2) is 6.97. The standard InChI is InChI=1S/C20H21NO4/c1-12-5-3-4-6-14(12)15-10-16(15)19(22)21-11-13-7-8-18(25-2)17(9-13)20(23)24/h3-9,15-16H,10-11H2,1-2H3,(H,21,22)(H,23,24)/t15-,16+/m1/s1. The monoisotopic (exact) mass is 339 g/mol. The highest BCUT2D eigenvalue weighted by atomic mass is 16.5. The van der Waals surface area contributed by atoms with E-state index in [9.17, 15) is 14.7 Å². The maximum atomic E-state index is 12.4. The lowest BCUT2D eigenvalue weighted by Gasteiger charge is -2.09. The normalized spacial score (nSPS) is 18.5. The zero-order valence-electron chi connectivity index (χ0n) is 14.3. The van der Waals surface area contributed by atoms with Gasteiger partial charge < -0.3 is 15.2 Å². The molecule has 2 N–H and O–H groups in total. The average Bonchev–Trinajstić information content (AvgIpc) is 3.40. The summed E-state index contributed by atoms with van der Waals surface area (Å²) in [6, 6.07) is 13.0. The summed E-state index contributed by atoms with van der Waals surface area (Å²) in [5.41, 5.74) is 3.28. The van der Waals surface area contributed by atoms with Crippen LogP contribution >= 0.6 is 0 Å². The number of aromatic carboxylic acids is 1. The fourth-order valence-electron chi connectivity index (χ4n) is 3.18. The Balaban J connectivity index is 1.61. The smallest absolute Gasteiger partial charge is 0.339 e. The highest BCUT2D eigenvalue weighted by Crippen LogP contribution is 2.48. The third-order valence-corrected chi connectivity index (χ3v) is 4.68. The van der Waals surface area contributed by atoms with Crippen LogP contribution in [0.3, 0.4) is 0 Å². The highest BCUT2D eigenvalue weighted by molar-refractivity contribution is 5.91. The van der Waals surface area contributed by atoms with E-state index in [1.807, 2.05) is 12.1 Å². The fourth-order valence-corrected chi connectivity index (χ4v) is 3.18. The minimum Gasteiger partial charge on any atom is -0.496 e. The summed E-state index contributed by atoms with van der Waals surface area (Å²) < 4.78 is 5.04. The maximum absolute atomic E-state index is 12.4. The van der Waals surface area contributed by atoms with E-state index in [0.29, 0.717) is 12.3 Å². The van der Waals surface area contributed by atoms with Crippen molar-refractivity contribution < 1.29 is 19.4 Å². The van der Waals surface area contributed by atoms with Crippen molar-refractivity contribution in [2.75, 3.05) is 7.11 Å². The molecule has 0 spiro atoms. The number of aryl methyl sites for hydroxylation is 1. The molecule has 1 saturated carbocycles. The predicted octanol–water partition coefficient (Wildman–Crippen LogP) is 3.12. The number of rotatable bonds is 6. The second-order valence-corrected chi connectivity index (χ2v) is 6.36. The van der Waals surface area contributed by atoms with Crippen molar-refractivity contribution in [1.29, 1.82) is 0 Å². The molecule has 2 aromatic carbocycles. The van der Waals surface area contributed by atoms with Gasteiger partial charge in [0.1, 0.15) is 11.3 Å². The van der Waals surface area contributed by atoms with Gasteiger partial charge in [-0.2, -0.15) is 0 Å². The van der Waals surface area contributed by atoms with Crippen molar-refractivity contribution in [3.8, 4) is 5.75 Å². The van der Waals surface area contributed by atoms with Gasteiger partial charge >= 0.3 is 5.97 Å². The molecule has 130 valence electrons. The van der Waals surface area contributed by atoms with Gasteiger partial charge in [0.25, 0.3) is 0 Å². The average molecular weight is 339 g/mol. The Kier molecular flexibility index (Phi) is 4.74. The van der Waals surface area contributed by atoms with Gasteiger partial charge in [-0.3, -0.25) is 4.79 Å². The molecule has 0 saturated heterocycles. The van der Waals surface area contributed by atoms with Crippen molar-refractivity contribution in [2.24, 2.45) is 5.92 Å². The number of carbonyl (C=O) groups is 2. The molecule has 0 aromatic heterocycles. The summed E-state index contributed by atoms with van der Waals surface area (Å²) in [7, 11) is 1.43. The number of carboxylic acid groups (broad SMARTS) is 1. The van der Waals surface area contributed by atoms with E-state index in [0.717, 1.165) is 12.0 Å². The topological polar surface area (TPSA) is 75.6 Å². The van der Waals surface area contributed by atoms with E-state index >= 15 is 0 Å². The fraction of sp³-hybridized carbons (Fsp3) is 0.300. The van der Waals surface area contributed by atoms with Crippen molar-refractivity contribution in [3.63, 3.8) is 0 Å². The number of hydrogen-bond acceptors (Lipinski definition) is 3. The molecule has 1 aliphatic carbocycles. The lowest BCUT2D eigenvalue weighted by atomic mass is 10.0. The molecule has 0 bridgehead atoms. The first-order valence-corrected chi connectivity index (χ1v) is 8.24. The summed E-state index contributed by atoms with van der Waals surface area (Å²) in [5, 5.41) is 12.1. The summed E-state index contributed by atoms with van der Waals surface area (Å²) in [6.45, 7) is 2.37. The third kappa shape index (κ3) is 3.65. The van der Waals surface area contributed by atoms with Gasteiger partial charge in [0.15, 0.2) is 0 Å². The Morgan fingerprint density at radius 3 is 2.68 bits per heavy atom. The Morgan fingerprint density at radius 2 is 2.00 bits per heavy atom. The maximum Gasteiger partial charge on any atom is 0.339 e. The van der Waals surface area contributed by atoms with Gasteiger partial charge in [-0.15, -0.1) is 0 Å². The van der Waals surface area contributed by atoms with E-state index < -0.39 is 5.97 Å². The molecule has 0 aliphatic heterocycles. The van der Waals surface area contributed by atoms with E-state index in [4.69, 9.17) is 4.74 Å². The van der Waals surface area contributed by atoms with Crippen LogP contribution in [-0.2, 0) is 11.3 Å². The molecule has 1 amide bonds. The second-order valence-electron chi connectivity index (χ2n) is 6.36. The van der Waals surface area contributed by atoms with Crippen LogP contribution in [0.1, 0.15) is 39.4 Å². The van der Waals surface area contributed by atoms with Gasteiger partial charge in [-0.25, -0.2) is 4.79 Å². The molecule has 5 heteroatoms. The Hall–Kier alpha value is -2.82. The van der Waals surface area contributed by atoms with E-state index in [-0.39, 0.29) is 23.3 Å². The lowest BCUT2D eigenvalue weighted by Crippen LogP contribution is -2.25. The summed E-state index contributed by atoms with van der Waals surface area (Å²) in [4.78, 5) is 23.6. The predicted molar refractivity (Wildman–Crippen MR) is 93.8 cm³/mol. The number of hydrogen-bond donors (Lipinski definition) is 2. The molecule has 0 radical (unpaired) electrons. The molecular formula is C20H21NO4. The molecule has 2 atom stereocenters. The van der Waals surface area contributed by atoms with Gasteiger partial charge in [-0.1, -0.05) is 30.3 Å². The lowest BCUT2D eigenvalue weighted by molar-refractivity contribution is -0.122. The largest absolute Gasteiger partial charge is 0.496 e. The van der Waals surface area contributed by atoms with Crippen LogP contribution in [0.4, 0.5) is 0 Å².